The number of aryl methyl sites for hydroxylation is 1. The van der Waals surface area contributed by atoms with Crippen LogP contribution in [-0.4, -0.2) is 46.8 Å². The molecule has 12 heteroatoms. The quantitative estimate of drug-likeness (QED) is 0.337. The van der Waals surface area contributed by atoms with Crippen molar-refractivity contribution in [3.63, 3.8) is 0 Å². The zero-order chi connectivity index (χ0) is 27.8. The SMILES string of the molecule is COC.Cc1sc(-c2ccc(OC(F)(F)F)cc2)nc1CCNS(=O)(=O)c1ccc(C(C)C)c(C=O)c1. The highest BCUT2D eigenvalue weighted by atomic mass is 32.2. The molecule has 202 valence electrons. The van der Waals surface area contributed by atoms with E-state index in [9.17, 15) is 26.4 Å². The molecule has 0 amide bonds. The number of sulfonamides is 1. The van der Waals surface area contributed by atoms with E-state index in [-0.39, 0.29) is 23.1 Å². The molecule has 0 fully saturated rings. The lowest BCUT2D eigenvalue weighted by Gasteiger charge is -2.11. The van der Waals surface area contributed by atoms with Crippen molar-refractivity contribution >= 4 is 27.6 Å². The summed E-state index contributed by atoms with van der Waals surface area (Å²) in [6.45, 7) is 5.77. The van der Waals surface area contributed by atoms with E-state index in [1.165, 1.54) is 47.7 Å². The summed E-state index contributed by atoms with van der Waals surface area (Å²) in [5.74, 6) is -0.238. The molecule has 0 spiro atoms. The number of benzene rings is 2. The van der Waals surface area contributed by atoms with Gasteiger partial charge in [-0.15, -0.1) is 24.5 Å². The molecule has 7 nitrogen and oxygen atoms in total. The Morgan fingerprint density at radius 2 is 1.73 bits per heavy atom. The summed E-state index contributed by atoms with van der Waals surface area (Å²) in [7, 11) is -0.573. The molecule has 0 unspecified atom stereocenters. The van der Waals surface area contributed by atoms with Gasteiger partial charge < -0.3 is 9.47 Å². The maximum absolute atomic E-state index is 12.7. The Kier molecular flexibility index (Phi) is 10.8. The number of methoxy groups -OCH3 is 1. The van der Waals surface area contributed by atoms with Crippen LogP contribution in [-0.2, 0) is 21.2 Å². The molecule has 37 heavy (non-hydrogen) atoms. The summed E-state index contributed by atoms with van der Waals surface area (Å²) in [4.78, 5) is 16.8. The van der Waals surface area contributed by atoms with Gasteiger partial charge in [-0.1, -0.05) is 19.9 Å². The van der Waals surface area contributed by atoms with E-state index in [1.807, 2.05) is 20.8 Å². The van der Waals surface area contributed by atoms with Crippen LogP contribution in [0.4, 0.5) is 13.2 Å². The molecule has 3 aromatic rings. The smallest absolute Gasteiger partial charge is 0.406 e. The van der Waals surface area contributed by atoms with Crippen LogP contribution in [0.5, 0.6) is 5.75 Å². The third kappa shape index (κ3) is 8.92. The summed E-state index contributed by atoms with van der Waals surface area (Å²) in [5.41, 5.74) is 2.42. The van der Waals surface area contributed by atoms with Gasteiger partial charge in [0.25, 0.3) is 0 Å². The molecule has 0 bridgehead atoms. The number of carbonyl (C=O) groups is 1. The number of nitrogens with zero attached hydrogens (tertiary/aromatic N) is 1. The molecule has 1 N–H and O–H groups in total. The molecule has 1 heterocycles. The minimum atomic E-state index is -4.76. The number of ether oxygens (including phenoxy) is 2. The fourth-order valence-corrected chi connectivity index (χ4v) is 5.35. The molecular weight excluding hydrogens is 529 g/mol. The minimum Gasteiger partial charge on any atom is -0.406 e. The number of hydrogen-bond acceptors (Lipinski definition) is 7. The van der Waals surface area contributed by atoms with Crippen molar-refractivity contribution in [1.29, 1.82) is 0 Å². The van der Waals surface area contributed by atoms with E-state index in [0.29, 0.717) is 34.5 Å². The van der Waals surface area contributed by atoms with E-state index in [0.717, 1.165) is 10.4 Å². The van der Waals surface area contributed by atoms with Crippen LogP contribution >= 0.6 is 11.3 Å². The molecule has 0 atom stereocenters. The summed E-state index contributed by atoms with van der Waals surface area (Å²) >= 11 is 1.36. The van der Waals surface area contributed by atoms with Gasteiger partial charge in [0.05, 0.1) is 10.6 Å². The molecule has 0 saturated heterocycles. The lowest BCUT2D eigenvalue weighted by Crippen LogP contribution is -2.26. The first kappa shape index (κ1) is 30.4. The Morgan fingerprint density at radius 3 is 2.27 bits per heavy atom. The highest BCUT2D eigenvalue weighted by Gasteiger charge is 2.31. The lowest BCUT2D eigenvalue weighted by atomic mass is 9.98. The van der Waals surface area contributed by atoms with Gasteiger partial charge in [0.2, 0.25) is 10.0 Å². The minimum absolute atomic E-state index is 0.0101. The first-order valence-electron chi connectivity index (χ1n) is 11.1. The number of nitrogens with one attached hydrogen (secondary N) is 1. The Morgan fingerprint density at radius 1 is 1.11 bits per heavy atom. The van der Waals surface area contributed by atoms with E-state index in [4.69, 9.17) is 0 Å². The number of hydrogen-bond donors (Lipinski definition) is 1. The molecule has 0 aliphatic heterocycles. The van der Waals surface area contributed by atoms with Crippen LogP contribution < -0.4 is 9.46 Å². The van der Waals surface area contributed by atoms with Gasteiger partial charge in [0, 0.05) is 43.2 Å². The van der Waals surface area contributed by atoms with Crippen molar-refractivity contribution in [2.24, 2.45) is 0 Å². The predicted molar refractivity (Wildman–Crippen MR) is 137 cm³/mol. The highest BCUT2D eigenvalue weighted by Crippen LogP contribution is 2.30. The summed E-state index contributed by atoms with van der Waals surface area (Å²) in [5, 5.41) is 0.605. The second kappa shape index (κ2) is 13.1. The second-order valence-electron chi connectivity index (χ2n) is 8.21. The molecule has 0 saturated carbocycles. The highest BCUT2D eigenvalue weighted by molar-refractivity contribution is 7.89. The molecule has 1 aromatic heterocycles. The third-order valence-corrected chi connectivity index (χ3v) is 7.52. The van der Waals surface area contributed by atoms with Crippen molar-refractivity contribution in [1.82, 2.24) is 9.71 Å². The van der Waals surface area contributed by atoms with Crippen LogP contribution in [0.25, 0.3) is 10.6 Å². The number of aromatic nitrogens is 1. The predicted octanol–water partition coefficient (Wildman–Crippen LogP) is 5.74. The van der Waals surface area contributed by atoms with Gasteiger partial charge in [-0.2, -0.15) is 0 Å². The summed E-state index contributed by atoms with van der Waals surface area (Å²) in [6, 6.07) is 9.88. The molecule has 2 aromatic carbocycles. The van der Waals surface area contributed by atoms with Gasteiger partial charge in [-0.3, -0.25) is 4.79 Å². The Balaban J connectivity index is 0.00000153. The van der Waals surface area contributed by atoms with Gasteiger partial charge in [0.1, 0.15) is 17.0 Å². The number of rotatable bonds is 9. The fourth-order valence-electron chi connectivity index (χ4n) is 3.32. The van der Waals surface area contributed by atoms with Crippen molar-refractivity contribution in [3.05, 3.63) is 64.2 Å². The number of thiazole rings is 1. The molecule has 3 rings (SSSR count). The largest absolute Gasteiger partial charge is 0.573 e. The number of halogens is 3. The second-order valence-corrected chi connectivity index (χ2v) is 11.2. The van der Waals surface area contributed by atoms with Crippen molar-refractivity contribution in [3.8, 4) is 16.3 Å². The average molecular weight is 559 g/mol. The van der Waals surface area contributed by atoms with E-state index in [2.05, 4.69) is 19.2 Å². The van der Waals surface area contributed by atoms with Crippen molar-refractivity contribution < 1.29 is 35.9 Å². The van der Waals surface area contributed by atoms with Crippen LogP contribution in [0.3, 0.4) is 0 Å². The van der Waals surface area contributed by atoms with Crippen LogP contribution in [0.1, 0.15) is 46.3 Å². The fraction of sp³-hybridized carbons (Fsp3) is 0.360. The topological polar surface area (TPSA) is 94.6 Å². The zero-order valence-corrected chi connectivity index (χ0v) is 22.7. The van der Waals surface area contributed by atoms with Crippen molar-refractivity contribution in [2.45, 2.75) is 44.4 Å². The Bertz CT molecular complexity index is 1290. The Labute approximate surface area is 218 Å². The van der Waals surface area contributed by atoms with Crippen LogP contribution in [0.15, 0.2) is 47.4 Å². The molecule has 0 aliphatic carbocycles. The van der Waals surface area contributed by atoms with Gasteiger partial charge in [0.15, 0.2) is 0 Å². The first-order valence-corrected chi connectivity index (χ1v) is 13.4. The van der Waals surface area contributed by atoms with E-state index in [1.54, 1.807) is 20.3 Å². The van der Waals surface area contributed by atoms with Crippen molar-refractivity contribution in [2.75, 3.05) is 20.8 Å². The maximum atomic E-state index is 12.7. The normalized spacial score (nSPS) is 11.7. The Hall–Kier alpha value is -2.80. The van der Waals surface area contributed by atoms with Crippen LogP contribution in [0.2, 0.25) is 0 Å². The summed E-state index contributed by atoms with van der Waals surface area (Å²) < 4.78 is 73.0. The monoisotopic (exact) mass is 558 g/mol. The lowest BCUT2D eigenvalue weighted by molar-refractivity contribution is -0.274. The standard InChI is InChI=1S/C23H23F3N2O4S2.C2H6O/c1-14(2)20-9-8-19(12-17(20)13-29)34(30,31)27-11-10-21-15(3)33-22(28-21)16-4-6-18(7-5-16)32-23(24,25)26;1-3-2/h4-9,12-14,27H,10-11H2,1-3H3;1-2H3. The number of aldehydes is 1. The molecule has 0 radical (unpaired) electrons. The van der Waals surface area contributed by atoms with Gasteiger partial charge in [-0.05, 0) is 54.8 Å². The van der Waals surface area contributed by atoms with E-state index < -0.39 is 16.4 Å². The van der Waals surface area contributed by atoms with E-state index >= 15 is 0 Å². The zero-order valence-electron chi connectivity index (χ0n) is 21.0. The first-order chi connectivity index (χ1) is 17.3. The third-order valence-electron chi connectivity index (χ3n) is 5.00. The molecule has 0 aliphatic rings. The number of carbonyl (C=O) groups excluding carboxylic acids is 1. The van der Waals surface area contributed by atoms with Gasteiger partial charge in [-0.25, -0.2) is 18.1 Å². The summed E-state index contributed by atoms with van der Waals surface area (Å²) in [6.07, 6.45) is -3.79. The maximum Gasteiger partial charge on any atom is 0.573 e. The molecular formula is C25H29F3N2O5S2. The van der Waals surface area contributed by atoms with Gasteiger partial charge >= 0.3 is 6.36 Å². The van der Waals surface area contributed by atoms with Crippen LogP contribution in [0, 0.1) is 6.92 Å². The average Bonchev–Trinajstić information content (AvgIpc) is 3.18. The number of alkyl halides is 3.